The van der Waals surface area contributed by atoms with Gasteiger partial charge in [0.1, 0.15) is 11.1 Å². The van der Waals surface area contributed by atoms with Crippen LogP contribution >= 0.6 is 23.4 Å². The Morgan fingerprint density at radius 3 is 2.45 bits per heavy atom. The van der Waals surface area contributed by atoms with Crippen molar-refractivity contribution in [3.8, 4) is 0 Å². The molecule has 1 N–H and O–H groups in total. The number of benzene rings is 1. The first kappa shape index (κ1) is 16.8. The van der Waals surface area contributed by atoms with Crippen LogP contribution in [-0.2, 0) is 9.53 Å². The van der Waals surface area contributed by atoms with Crippen molar-refractivity contribution in [2.75, 3.05) is 7.11 Å². The van der Waals surface area contributed by atoms with Crippen molar-refractivity contribution in [2.24, 2.45) is 5.92 Å². The summed E-state index contributed by atoms with van der Waals surface area (Å²) in [5, 5.41) is 8.41. The lowest BCUT2D eigenvalue weighted by Gasteiger charge is -2.18. The second kappa shape index (κ2) is 6.95. The molecule has 0 spiro atoms. The first-order valence-electron chi connectivity index (χ1n) is 5.74. The molecule has 0 amide bonds. The summed E-state index contributed by atoms with van der Waals surface area (Å²) in [6.45, 7) is 3.65. The molecule has 0 fully saturated rings. The van der Waals surface area contributed by atoms with Crippen molar-refractivity contribution in [1.82, 2.24) is 0 Å². The third-order valence-electron chi connectivity index (χ3n) is 2.54. The van der Waals surface area contributed by atoms with Gasteiger partial charge in [-0.3, -0.25) is 4.79 Å². The smallest absolute Gasteiger partial charge is 0.338 e. The number of carboxylic acids is 1. The lowest BCUT2D eigenvalue weighted by Crippen LogP contribution is -2.24. The van der Waals surface area contributed by atoms with E-state index in [2.05, 4.69) is 0 Å². The molecular formula is C13H14ClFO4S. The number of carbonyl (C=O) groups excluding carboxylic acids is 1. The zero-order valence-corrected chi connectivity index (χ0v) is 12.7. The summed E-state index contributed by atoms with van der Waals surface area (Å²) in [7, 11) is 1.27. The molecule has 7 heteroatoms. The van der Waals surface area contributed by atoms with Crippen LogP contribution in [0.3, 0.4) is 0 Å². The third kappa shape index (κ3) is 3.86. The fraction of sp³-hybridized carbons (Fsp3) is 0.385. The largest absolute Gasteiger partial charge is 0.478 e. The summed E-state index contributed by atoms with van der Waals surface area (Å²) in [5.74, 6) is -2.80. The van der Waals surface area contributed by atoms with Crippen LogP contribution in [0.5, 0.6) is 0 Å². The molecule has 0 aliphatic rings. The minimum absolute atomic E-state index is 0.0538. The van der Waals surface area contributed by atoms with Crippen LogP contribution in [0.15, 0.2) is 17.0 Å². The lowest BCUT2D eigenvalue weighted by atomic mass is 10.1. The standard InChI is InChI=1S/C13H14ClFO4S/c1-6(2)11(13(18)19-3)20-10-4-7(12(16)17)9(15)5-8(10)14/h4-6,11H,1-3H3,(H,16,17). The van der Waals surface area contributed by atoms with Crippen molar-refractivity contribution in [1.29, 1.82) is 0 Å². The van der Waals surface area contributed by atoms with Gasteiger partial charge in [0, 0.05) is 4.90 Å². The summed E-state index contributed by atoms with van der Waals surface area (Å²) in [4.78, 5) is 22.9. The van der Waals surface area contributed by atoms with Gasteiger partial charge in [0.15, 0.2) is 0 Å². The Hall–Kier alpha value is -1.27. The van der Waals surface area contributed by atoms with Gasteiger partial charge in [-0.2, -0.15) is 0 Å². The molecule has 0 radical (unpaired) electrons. The zero-order chi connectivity index (χ0) is 15.4. The Morgan fingerprint density at radius 2 is 2.00 bits per heavy atom. The van der Waals surface area contributed by atoms with E-state index in [-0.39, 0.29) is 10.9 Å². The molecule has 1 rings (SSSR count). The average molecular weight is 321 g/mol. The van der Waals surface area contributed by atoms with E-state index in [1.165, 1.54) is 7.11 Å². The van der Waals surface area contributed by atoms with Crippen LogP contribution in [0.2, 0.25) is 5.02 Å². The Kier molecular flexibility index (Phi) is 5.83. The topological polar surface area (TPSA) is 63.6 Å². The van der Waals surface area contributed by atoms with E-state index in [0.29, 0.717) is 4.90 Å². The van der Waals surface area contributed by atoms with Crippen LogP contribution in [-0.4, -0.2) is 29.4 Å². The number of aromatic carboxylic acids is 1. The van der Waals surface area contributed by atoms with E-state index in [4.69, 9.17) is 21.4 Å². The highest BCUT2D eigenvalue weighted by molar-refractivity contribution is 8.00. The van der Waals surface area contributed by atoms with Gasteiger partial charge < -0.3 is 9.84 Å². The monoisotopic (exact) mass is 320 g/mol. The highest BCUT2D eigenvalue weighted by Gasteiger charge is 2.26. The van der Waals surface area contributed by atoms with Gasteiger partial charge in [0.25, 0.3) is 0 Å². The van der Waals surface area contributed by atoms with Gasteiger partial charge in [-0.05, 0) is 18.1 Å². The fourth-order valence-electron chi connectivity index (χ4n) is 1.49. The van der Waals surface area contributed by atoms with Gasteiger partial charge >= 0.3 is 11.9 Å². The summed E-state index contributed by atoms with van der Waals surface area (Å²) in [5.41, 5.74) is -0.482. The maximum absolute atomic E-state index is 13.4. The molecular weight excluding hydrogens is 307 g/mol. The third-order valence-corrected chi connectivity index (χ3v) is 4.55. The van der Waals surface area contributed by atoms with E-state index < -0.39 is 28.6 Å². The predicted molar refractivity (Wildman–Crippen MR) is 74.9 cm³/mol. The second-order valence-electron chi connectivity index (χ2n) is 4.37. The summed E-state index contributed by atoms with van der Waals surface area (Å²) < 4.78 is 18.1. The van der Waals surface area contributed by atoms with Crippen molar-refractivity contribution in [3.63, 3.8) is 0 Å². The Morgan fingerprint density at radius 1 is 1.40 bits per heavy atom. The number of carbonyl (C=O) groups is 2. The Balaban J connectivity index is 3.16. The average Bonchev–Trinajstić information content (AvgIpc) is 2.36. The number of ether oxygens (including phenoxy) is 1. The predicted octanol–water partition coefficient (Wildman–Crippen LogP) is 3.47. The number of thioether (sulfide) groups is 1. The molecule has 4 nitrogen and oxygen atoms in total. The van der Waals surface area contributed by atoms with Crippen molar-refractivity contribution >= 4 is 35.3 Å². The number of halogens is 2. The fourth-order valence-corrected chi connectivity index (χ4v) is 2.87. The normalized spacial score (nSPS) is 12.3. The maximum atomic E-state index is 13.4. The van der Waals surface area contributed by atoms with Gasteiger partial charge in [0.2, 0.25) is 0 Å². The quantitative estimate of drug-likeness (QED) is 0.665. The van der Waals surface area contributed by atoms with Crippen LogP contribution in [0.1, 0.15) is 24.2 Å². The maximum Gasteiger partial charge on any atom is 0.338 e. The SMILES string of the molecule is COC(=O)C(Sc1cc(C(=O)O)c(F)cc1Cl)C(C)C. The van der Waals surface area contributed by atoms with Crippen molar-refractivity contribution in [2.45, 2.75) is 24.0 Å². The minimum atomic E-state index is -1.39. The zero-order valence-electron chi connectivity index (χ0n) is 11.1. The number of carboxylic acid groups (broad SMARTS) is 1. The van der Waals surface area contributed by atoms with Crippen molar-refractivity contribution in [3.05, 3.63) is 28.5 Å². The summed E-state index contributed by atoms with van der Waals surface area (Å²) >= 11 is 6.96. The lowest BCUT2D eigenvalue weighted by molar-refractivity contribution is -0.140. The van der Waals surface area contributed by atoms with Crippen LogP contribution in [0.25, 0.3) is 0 Å². The van der Waals surface area contributed by atoms with E-state index in [1.807, 2.05) is 13.8 Å². The van der Waals surface area contributed by atoms with Gasteiger partial charge in [0.05, 0.1) is 17.7 Å². The number of esters is 1. The first-order chi connectivity index (χ1) is 9.27. The van der Waals surface area contributed by atoms with E-state index >= 15 is 0 Å². The number of hydrogen-bond donors (Lipinski definition) is 1. The van der Waals surface area contributed by atoms with E-state index in [9.17, 15) is 14.0 Å². The number of methoxy groups -OCH3 is 1. The Labute approximate surface area is 125 Å². The first-order valence-corrected chi connectivity index (χ1v) is 7.00. The van der Waals surface area contributed by atoms with Gasteiger partial charge in [-0.1, -0.05) is 25.4 Å². The van der Waals surface area contributed by atoms with Gasteiger partial charge in [-0.15, -0.1) is 11.8 Å². The highest BCUT2D eigenvalue weighted by Crippen LogP contribution is 2.35. The van der Waals surface area contributed by atoms with Crippen molar-refractivity contribution < 1.29 is 23.8 Å². The molecule has 20 heavy (non-hydrogen) atoms. The highest BCUT2D eigenvalue weighted by atomic mass is 35.5. The summed E-state index contributed by atoms with van der Waals surface area (Å²) in [6, 6.07) is 2.06. The molecule has 0 saturated carbocycles. The molecule has 0 aliphatic carbocycles. The van der Waals surface area contributed by atoms with Crippen LogP contribution in [0, 0.1) is 11.7 Å². The molecule has 0 aromatic heterocycles. The molecule has 110 valence electrons. The van der Waals surface area contributed by atoms with Gasteiger partial charge in [-0.25, -0.2) is 9.18 Å². The minimum Gasteiger partial charge on any atom is -0.478 e. The molecule has 0 bridgehead atoms. The van der Waals surface area contributed by atoms with E-state index in [0.717, 1.165) is 23.9 Å². The number of hydrogen-bond acceptors (Lipinski definition) is 4. The molecule has 1 atom stereocenters. The molecule has 0 aliphatic heterocycles. The molecule has 0 saturated heterocycles. The Bertz CT molecular complexity index is 533. The molecule has 0 heterocycles. The van der Waals surface area contributed by atoms with Crippen LogP contribution in [0.4, 0.5) is 4.39 Å². The molecule has 1 aromatic carbocycles. The molecule has 1 unspecified atom stereocenters. The van der Waals surface area contributed by atoms with E-state index in [1.54, 1.807) is 0 Å². The number of rotatable bonds is 5. The second-order valence-corrected chi connectivity index (χ2v) is 5.96. The summed E-state index contributed by atoms with van der Waals surface area (Å²) in [6.07, 6.45) is 0. The van der Waals surface area contributed by atoms with Crippen LogP contribution < -0.4 is 0 Å². The molecule has 1 aromatic rings.